The van der Waals surface area contributed by atoms with E-state index in [9.17, 15) is 18.1 Å². The predicted molar refractivity (Wildman–Crippen MR) is 70.3 cm³/mol. The number of aliphatic hydroxyl groups is 1. The van der Waals surface area contributed by atoms with Crippen LogP contribution < -0.4 is 29.6 Å². The second-order valence-electron chi connectivity index (χ2n) is 4.25. The van der Waals surface area contributed by atoms with E-state index in [0.29, 0.717) is 6.42 Å². The van der Waals surface area contributed by atoms with Gasteiger partial charge in [0.2, 0.25) is 0 Å². The third kappa shape index (κ3) is 4.70. The quantitative estimate of drug-likeness (QED) is 0.569. The number of hydrogen-bond acceptors (Lipinski definition) is 4. The summed E-state index contributed by atoms with van der Waals surface area (Å²) in [7, 11) is -4.72. The Morgan fingerprint density at radius 2 is 1.45 bits per heavy atom. The summed E-state index contributed by atoms with van der Waals surface area (Å²) < 4.78 is 32.1. The molecule has 2 rings (SSSR count). The minimum atomic E-state index is -4.72. The molecule has 2 aromatic rings. The van der Waals surface area contributed by atoms with Crippen molar-refractivity contribution in [1.82, 2.24) is 0 Å². The van der Waals surface area contributed by atoms with Gasteiger partial charge in [0.25, 0.3) is 0 Å². The molecule has 6 heteroatoms. The van der Waals surface area contributed by atoms with Gasteiger partial charge >= 0.3 is 29.6 Å². The van der Waals surface area contributed by atoms with Gasteiger partial charge in [0.05, 0.1) is 0 Å². The fraction of sp³-hybridized carbons (Fsp3) is 0.143. The maximum Gasteiger partial charge on any atom is 1.00 e. The first kappa shape index (κ1) is 17.4. The Morgan fingerprint density at radius 3 is 1.95 bits per heavy atom. The molecular weight excluding hydrogens is 287 g/mol. The van der Waals surface area contributed by atoms with Gasteiger partial charge in [-0.05, 0) is 23.1 Å². The average Bonchev–Trinajstić information content (AvgIpc) is 2.39. The molecule has 4 nitrogen and oxygen atoms in total. The smallest absolute Gasteiger partial charge is 0.746 e. The largest absolute Gasteiger partial charge is 1.00 e. The van der Waals surface area contributed by atoms with Crippen molar-refractivity contribution >= 4 is 10.1 Å². The van der Waals surface area contributed by atoms with Crippen molar-refractivity contribution < 1.29 is 47.6 Å². The van der Waals surface area contributed by atoms with Crippen molar-refractivity contribution in [3.63, 3.8) is 0 Å². The van der Waals surface area contributed by atoms with E-state index in [1.165, 1.54) is 12.1 Å². The second-order valence-corrected chi connectivity index (χ2v) is 5.68. The van der Waals surface area contributed by atoms with E-state index in [1.807, 2.05) is 30.3 Å². The van der Waals surface area contributed by atoms with Crippen LogP contribution in [0.1, 0.15) is 22.1 Å². The fourth-order valence-electron chi connectivity index (χ4n) is 1.80. The van der Waals surface area contributed by atoms with Gasteiger partial charge in [-0.15, -0.1) is 0 Å². The summed E-state index contributed by atoms with van der Waals surface area (Å²) in [4.78, 5) is 0. The molecule has 0 heterocycles. The van der Waals surface area contributed by atoms with Gasteiger partial charge in [0.15, 0.2) is 5.44 Å². The van der Waals surface area contributed by atoms with Crippen molar-refractivity contribution in [2.75, 3.05) is 0 Å². The zero-order valence-electron chi connectivity index (χ0n) is 11.1. The van der Waals surface area contributed by atoms with E-state index in [1.54, 1.807) is 12.1 Å². The first-order valence-electron chi connectivity index (χ1n) is 5.72. The first-order valence-corrected chi connectivity index (χ1v) is 7.19. The van der Waals surface area contributed by atoms with Crippen LogP contribution in [-0.4, -0.2) is 18.1 Å². The van der Waals surface area contributed by atoms with Crippen molar-refractivity contribution in [2.24, 2.45) is 0 Å². The molecule has 0 aliphatic heterocycles. The number of rotatable bonds is 4. The molecule has 0 aromatic heterocycles. The summed E-state index contributed by atoms with van der Waals surface area (Å²) in [5, 5.41) is 9.34. The van der Waals surface area contributed by atoms with Crippen LogP contribution in [0.3, 0.4) is 0 Å². The van der Waals surface area contributed by atoms with E-state index in [2.05, 4.69) is 0 Å². The van der Waals surface area contributed by atoms with Crippen LogP contribution in [0.15, 0.2) is 54.6 Å². The van der Waals surface area contributed by atoms with E-state index in [0.717, 1.165) is 11.1 Å². The van der Waals surface area contributed by atoms with Gasteiger partial charge in [-0.1, -0.05) is 54.6 Å². The summed E-state index contributed by atoms with van der Waals surface area (Å²) in [6, 6.07) is 16.1. The van der Waals surface area contributed by atoms with Crippen molar-refractivity contribution in [1.29, 1.82) is 0 Å². The Morgan fingerprint density at radius 1 is 0.950 bits per heavy atom. The minimum Gasteiger partial charge on any atom is -0.746 e. The molecule has 20 heavy (non-hydrogen) atoms. The summed E-state index contributed by atoms with van der Waals surface area (Å²) in [6.07, 6.45) is 0.710. The van der Waals surface area contributed by atoms with Crippen LogP contribution in [0.2, 0.25) is 0 Å². The monoisotopic (exact) mass is 300 g/mol. The molecule has 100 valence electrons. The van der Waals surface area contributed by atoms with Crippen LogP contribution in [-0.2, 0) is 16.5 Å². The van der Waals surface area contributed by atoms with E-state index in [4.69, 9.17) is 0 Å². The Hall–Kier alpha value is -0.690. The van der Waals surface area contributed by atoms with Crippen LogP contribution in [0, 0.1) is 0 Å². The summed E-state index contributed by atoms with van der Waals surface area (Å²) >= 11 is 0. The Balaban J connectivity index is 0.00000200. The van der Waals surface area contributed by atoms with E-state index < -0.39 is 15.6 Å². The van der Waals surface area contributed by atoms with Gasteiger partial charge in [0.1, 0.15) is 10.1 Å². The molecule has 0 fully saturated rings. The Bertz CT molecular complexity index is 639. The second kappa shape index (κ2) is 7.36. The molecule has 2 aromatic carbocycles. The van der Waals surface area contributed by atoms with Gasteiger partial charge in [-0.3, -0.25) is 0 Å². The van der Waals surface area contributed by atoms with Gasteiger partial charge in [-0.25, -0.2) is 8.42 Å². The molecule has 1 atom stereocenters. The first-order chi connectivity index (χ1) is 8.97. The maximum atomic E-state index is 10.7. The molecule has 0 bridgehead atoms. The zero-order valence-corrected chi connectivity index (χ0v) is 13.9. The van der Waals surface area contributed by atoms with Gasteiger partial charge < -0.3 is 9.66 Å². The molecule has 1 N–H and O–H groups in total. The van der Waals surface area contributed by atoms with E-state index in [-0.39, 0.29) is 35.1 Å². The van der Waals surface area contributed by atoms with Gasteiger partial charge in [-0.2, -0.15) is 0 Å². The standard InChI is InChI=1S/C14H14O4S.Na/c15-14(19(16,17)18)13-8-6-12(7-9-13)10-11-4-2-1-3-5-11;/h1-9,14-15H,10H2,(H,16,17,18);/q;+1/p-1. The molecule has 0 aliphatic carbocycles. The molecule has 0 amide bonds. The summed E-state index contributed by atoms with van der Waals surface area (Å²) in [5.74, 6) is 0. The van der Waals surface area contributed by atoms with Crippen molar-refractivity contribution in [3.05, 3.63) is 71.3 Å². The van der Waals surface area contributed by atoms with Crippen LogP contribution in [0.25, 0.3) is 0 Å². The fourth-order valence-corrected chi connectivity index (χ4v) is 2.29. The predicted octanol–water partition coefficient (Wildman–Crippen LogP) is -1.18. The SMILES string of the molecule is O=S(=O)([O-])C(O)c1ccc(Cc2ccccc2)cc1.[Na+]. The zero-order chi connectivity index (χ0) is 13.9. The topological polar surface area (TPSA) is 77.4 Å². The van der Waals surface area contributed by atoms with Crippen LogP contribution >= 0.6 is 0 Å². The molecule has 0 aliphatic rings. The van der Waals surface area contributed by atoms with Crippen molar-refractivity contribution in [2.45, 2.75) is 11.9 Å². The maximum absolute atomic E-state index is 10.7. The van der Waals surface area contributed by atoms with Crippen LogP contribution in [0.5, 0.6) is 0 Å². The molecule has 0 saturated heterocycles. The normalized spacial score (nSPS) is 12.5. The van der Waals surface area contributed by atoms with Crippen LogP contribution in [0.4, 0.5) is 0 Å². The average molecular weight is 300 g/mol. The third-order valence-corrected chi connectivity index (χ3v) is 3.61. The minimum absolute atomic E-state index is 0. The summed E-state index contributed by atoms with van der Waals surface area (Å²) in [6.45, 7) is 0. The molecule has 1 unspecified atom stereocenters. The Labute approximate surface area is 140 Å². The van der Waals surface area contributed by atoms with Gasteiger partial charge in [0, 0.05) is 0 Å². The molecular formula is C14H13NaO4S. The number of benzene rings is 2. The third-order valence-electron chi connectivity index (χ3n) is 2.79. The molecule has 0 spiro atoms. The Kier molecular flexibility index (Phi) is 6.39. The summed E-state index contributed by atoms with van der Waals surface area (Å²) in [5.41, 5.74) is 0.197. The molecule has 0 saturated carbocycles. The number of aliphatic hydroxyl groups excluding tert-OH is 1. The van der Waals surface area contributed by atoms with Crippen molar-refractivity contribution in [3.8, 4) is 0 Å². The van der Waals surface area contributed by atoms with E-state index >= 15 is 0 Å². The molecule has 0 radical (unpaired) electrons. The number of hydrogen-bond donors (Lipinski definition) is 1.